The molecule has 2 heterocycles. The molecule has 4 amide bonds. The molecule has 108 heavy (non-hydrogen) atoms. The third kappa shape index (κ3) is 33.0. The average molecular weight is 1530 g/mol. The Labute approximate surface area is 641 Å². The molecule has 0 saturated carbocycles. The number of aromatic carboxylic acids is 1. The number of nitrogens with two attached hydrogens (primary N) is 2. The summed E-state index contributed by atoms with van der Waals surface area (Å²) in [6, 6.07) is 22.3. The van der Waals surface area contributed by atoms with E-state index in [-0.39, 0.29) is 121 Å². The molecular weight excluding hydrogens is 1410 g/mol. The van der Waals surface area contributed by atoms with Crippen LogP contribution in [-0.4, -0.2) is 200 Å². The maximum Gasteiger partial charge on any atom is 0.407 e. The summed E-state index contributed by atoms with van der Waals surface area (Å²) in [7, 11) is 1.99. The number of thiazole rings is 1. The molecule has 4 aromatic rings. The van der Waals surface area contributed by atoms with E-state index in [1.54, 1.807) is 6.92 Å². The SMILES string of the molecule is CC(C)[C@H](N)C(=O)N[C@@H](CCCCC(N)=O)C(=O)Cc1ccc(C[C@H](C)C[C@H](C)C(=O)O)cc1.CCCN(C(=O)[C@@H](CC(=O)[C@H]1CCCCN1C)[C@@H](C)CC)[C@H](C[C@@H](OC(C)=O)c1nc(C(=O)O)cs1)C(C)C.O=C(O)CCOCCOCCOCCOCCNC(=O)OCC1c2ccccc2-c2ccccc21. The summed E-state index contributed by atoms with van der Waals surface area (Å²) in [5.41, 5.74) is 17.7. The average Bonchev–Trinajstić information content (AvgIpc) is 1.61. The van der Waals surface area contributed by atoms with E-state index in [4.69, 9.17) is 50.1 Å². The van der Waals surface area contributed by atoms with Crippen LogP contribution >= 0.6 is 11.3 Å². The number of ether oxygens (including phenoxy) is 6. The van der Waals surface area contributed by atoms with Crippen molar-refractivity contribution in [1.82, 2.24) is 25.4 Å². The monoisotopic (exact) mass is 1530 g/mol. The Morgan fingerprint density at radius 2 is 1.32 bits per heavy atom. The van der Waals surface area contributed by atoms with E-state index in [0.717, 1.165) is 67.5 Å². The maximum absolute atomic E-state index is 14.3. The summed E-state index contributed by atoms with van der Waals surface area (Å²) >= 11 is 1.13. The highest BCUT2D eigenvalue weighted by molar-refractivity contribution is 7.09. The number of aromatic nitrogens is 1. The van der Waals surface area contributed by atoms with E-state index in [1.807, 2.05) is 116 Å². The van der Waals surface area contributed by atoms with Gasteiger partial charge >= 0.3 is 30.0 Å². The summed E-state index contributed by atoms with van der Waals surface area (Å²) in [4.78, 5) is 129. The number of carbonyl (C=O) groups excluding carboxylic acids is 7. The van der Waals surface area contributed by atoms with Crippen molar-refractivity contribution in [2.45, 2.75) is 202 Å². The van der Waals surface area contributed by atoms with E-state index >= 15 is 0 Å². The molecule has 1 aliphatic carbocycles. The molecule has 600 valence electrons. The zero-order valence-electron chi connectivity index (χ0n) is 65.3. The van der Waals surface area contributed by atoms with E-state index in [1.165, 1.54) is 34.6 Å². The molecule has 2 aliphatic rings. The standard InChI is InChI=1S/C29H47N3O6S.C26H41N3O5.C26H33NO8/c1-8-13-32(28(35)21(19(5)9-2)15-25(34)23-12-10-11-14-31(23)7)24(18(3)4)16-26(38-20(6)33)27-30-22(17-39-27)29(36)37;1-16(2)24(28)25(32)29-21(7-5-6-8-23(27)31)22(30)15-20-11-9-19(10-12-20)14-17(3)13-18(4)26(33)34;28-25(29)9-11-31-13-15-33-17-18-34-16-14-32-12-10-27-26(30)35-19-24-22-7-3-1-5-20(22)21-6-2-4-8-23(21)24/h17-19,21,23-24,26H,8-16H2,1-7H3,(H,36,37);9-12,16-18,21,24H,5-8,13-15,28H2,1-4H3,(H2,27,31)(H,29,32)(H,33,34);1-8,24H,9-19H2,(H,27,30)(H,28,29)/t19-,21-,23+,24+,26+;17-,18+,21+,24+;/m01./s1. The maximum atomic E-state index is 14.3. The number of rotatable bonds is 48. The van der Waals surface area contributed by atoms with Gasteiger partial charge in [0.05, 0.1) is 83.3 Å². The van der Waals surface area contributed by atoms with Crippen LogP contribution in [0.15, 0.2) is 78.2 Å². The van der Waals surface area contributed by atoms with Gasteiger partial charge in [0, 0.05) is 69.0 Å². The van der Waals surface area contributed by atoms with Crippen LogP contribution in [0.5, 0.6) is 0 Å². The molecule has 1 saturated heterocycles. The van der Waals surface area contributed by atoms with Crippen molar-refractivity contribution in [3.8, 4) is 11.1 Å². The number of fused-ring (bicyclic) bond motifs is 3. The largest absolute Gasteiger partial charge is 0.481 e. The number of aliphatic carboxylic acids is 2. The number of carboxylic acid groups (broad SMARTS) is 3. The summed E-state index contributed by atoms with van der Waals surface area (Å²) in [6.45, 7) is 23.9. The number of alkyl carbamates (subject to hydrolysis) is 1. The van der Waals surface area contributed by atoms with Crippen LogP contribution in [0.4, 0.5) is 4.79 Å². The first-order chi connectivity index (χ1) is 51.5. The third-order valence-corrected chi connectivity index (χ3v) is 20.3. The van der Waals surface area contributed by atoms with Crippen molar-refractivity contribution in [2.75, 3.05) is 86.1 Å². The van der Waals surface area contributed by atoms with E-state index in [0.29, 0.717) is 96.4 Å². The second-order valence-electron chi connectivity index (χ2n) is 28.8. The second kappa shape index (κ2) is 49.9. The summed E-state index contributed by atoms with van der Waals surface area (Å²) in [5.74, 6) is -4.63. The first kappa shape index (κ1) is 92.3. The van der Waals surface area contributed by atoms with Gasteiger partial charge < -0.3 is 70.7 Å². The smallest absolute Gasteiger partial charge is 0.407 e. The van der Waals surface area contributed by atoms with Crippen molar-refractivity contribution in [1.29, 1.82) is 0 Å². The number of carboxylic acids is 3. The normalized spacial score (nSPS) is 15.6. The van der Waals surface area contributed by atoms with Crippen LogP contribution in [0.3, 0.4) is 0 Å². The predicted octanol–water partition coefficient (Wildman–Crippen LogP) is 10.9. The summed E-state index contributed by atoms with van der Waals surface area (Å²) < 4.78 is 32.4. The van der Waals surface area contributed by atoms with Gasteiger partial charge in [-0.3, -0.25) is 43.3 Å². The van der Waals surface area contributed by atoms with Crippen molar-refractivity contribution in [2.24, 2.45) is 47.0 Å². The molecule has 0 radical (unpaired) electrons. The number of primary amides is 1. The topological polar surface area (TPSA) is 382 Å². The number of likely N-dealkylation sites (N-methyl/N-ethyl adjacent to an activating group) is 1. The van der Waals surface area contributed by atoms with Gasteiger partial charge in [0.2, 0.25) is 17.7 Å². The minimum Gasteiger partial charge on any atom is -0.481 e. The molecule has 9 atom stereocenters. The van der Waals surface area contributed by atoms with Crippen LogP contribution in [-0.2, 0) is 79.6 Å². The highest BCUT2D eigenvalue weighted by Crippen LogP contribution is 2.44. The van der Waals surface area contributed by atoms with Gasteiger partial charge in [-0.15, -0.1) is 11.3 Å². The van der Waals surface area contributed by atoms with Crippen LogP contribution in [0.1, 0.15) is 202 Å². The van der Waals surface area contributed by atoms with Gasteiger partial charge in [-0.2, -0.15) is 0 Å². The van der Waals surface area contributed by atoms with E-state index in [9.17, 15) is 53.1 Å². The number of benzene rings is 3. The lowest BCUT2D eigenvalue weighted by molar-refractivity contribution is -0.150. The fourth-order valence-electron chi connectivity index (χ4n) is 13.1. The Bertz CT molecular complexity index is 3400. The fraction of sp³-hybridized carbons (Fsp3) is 0.617. The number of esters is 1. The van der Waals surface area contributed by atoms with Gasteiger partial charge in [-0.1, -0.05) is 154 Å². The number of piperidine rings is 1. The third-order valence-electron chi connectivity index (χ3n) is 19.4. The zero-order chi connectivity index (χ0) is 79.8. The Morgan fingerprint density at radius 3 is 1.85 bits per heavy atom. The van der Waals surface area contributed by atoms with Crippen molar-refractivity contribution >= 4 is 70.6 Å². The Balaban J connectivity index is 0.000000343. The highest BCUT2D eigenvalue weighted by Gasteiger charge is 2.39. The molecule has 3 aromatic carbocycles. The molecule has 9 N–H and O–H groups in total. The number of hydrogen-bond acceptors (Lipinski definition) is 20. The summed E-state index contributed by atoms with van der Waals surface area (Å²) in [6.07, 6.45) is 7.06. The predicted molar refractivity (Wildman–Crippen MR) is 412 cm³/mol. The van der Waals surface area contributed by atoms with Crippen molar-refractivity contribution in [3.63, 3.8) is 0 Å². The molecule has 27 heteroatoms. The number of ketones is 2. The van der Waals surface area contributed by atoms with E-state index in [2.05, 4.69) is 44.8 Å². The molecule has 1 aromatic heterocycles. The van der Waals surface area contributed by atoms with Crippen LogP contribution in [0.25, 0.3) is 11.1 Å². The minimum absolute atomic E-state index is 0.00960. The van der Waals surface area contributed by atoms with Crippen LogP contribution < -0.4 is 22.1 Å². The number of likely N-dealkylation sites (tertiary alicyclic amines) is 1. The molecule has 1 aliphatic heterocycles. The summed E-state index contributed by atoms with van der Waals surface area (Å²) in [5, 5.41) is 34.2. The number of unbranched alkanes of at least 4 members (excludes halogenated alkanes) is 1. The molecule has 0 unspecified atom stereocenters. The number of Topliss-reactive ketones (excluding diaryl/α,β-unsaturated/α-hetero) is 2. The van der Waals surface area contributed by atoms with Crippen molar-refractivity contribution in [3.05, 3.63) is 111 Å². The van der Waals surface area contributed by atoms with Gasteiger partial charge in [-0.25, -0.2) is 14.6 Å². The molecule has 6 rings (SSSR count). The van der Waals surface area contributed by atoms with Crippen LogP contribution in [0.2, 0.25) is 0 Å². The Morgan fingerprint density at radius 1 is 0.731 bits per heavy atom. The molecule has 1 fully saturated rings. The van der Waals surface area contributed by atoms with Gasteiger partial charge in [-0.05, 0) is 116 Å². The Kier molecular flexibility index (Phi) is 42.7. The second-order valence-corrected chi connectivity index (χ2v) is 29.7. The molecule has 26 nitrogen and oxygen atoms in total. The number of nitrogens with one attached hydrogen (secondary N) is 2. The number of nitrogens with zero attached hydrogens (tertiary/aromatic N) is 3. The lowest BCUT2D eigenvalue weighted by atomic mass is 9.82. The Hall–Kier alpha value is -8.05. The number of amides is 4. The molecular formula is C81H121N7O19S. The highest BCUT2D eigenvalue weighted by atomic mass is 32.1. The van der Waals surface area contributed by atoms with Gasteiger partial charge in [0.25, 0.3) is 0 Å². The van der Waals surface area contributed by atoms with E-state index < -0.39 is 54.1 Å². The van der Waals surface area contributed by atoms with Crippen molar-refractivity contribution < 1.29 is 91.7 Å². The quantitative estimate of drug-likeness (QED) is 0.0159. The molecule has 0 bridgehead atoms. The number of carbonyl (C=O) groups is 10. The van der Waals surface area contributed by atoms with Crippen LogP contribution in [0, 0.1) is 35.5 Å². The lowest BCUT2D eigenvalue weighted by Gasteiger charge is -2.39. The van der Waals surface area contributed by atoms with Gasteiger partial charge in [0.15, 0.2) is 23.4 Å². The zero-order valence-corrected chi connectivity index (χ0v) is 66.1. The lowest BCUT2D eigenvalue weighted by Crippen LogP contribution is -2.50. The van der Waals surface area contributed by atoms with Gasteiger partial charge in [0.1, 0.15) is 11.6 Å². The minimum atomic E-state index is -1.15. The fourth-order valence-corrected chi connectivity index (χ4v) is 13.9. The number of hydrogen-bond donors (Lipinski definition) is 7. The molecule has 0 spiro atoms. The first-order valence-electron chi connectivity index (χ1n) is 38.2. The first-order valence-corrected chi connectivity index (χ1v) is 39.0.